The van der Waals surface area contributed by atoms with E-state index < -0.39 is 15.9 Å². The zero-order valence-electron chi connectivity index (χ0n) is 10.8. The predicted octanol–water partition coefficient (Wildman–Crippen LogP) is 3.27. The molecule has 0 heterocycles. The van der Waals surface area contributed by atoms with Gasteiger partial charge >= 0.3 is 0 Å². The van der Waals surface area contributed by atoms with E-state index in [0.29, 0.717) is 5.56 Å². The Morgan fingerprint density at radius 2 is 1.50 bits per heavy atom. The van der Waals surface area contributed by atoms with Crippen molar-refractivity contribution < 1.29 is 13.2 Å². The van der Waals surface area contributed by atoms with Gasteiger partial charge in [-0.3, -0.25) is 10.2 Å². The molecule has 0 radical (unpaired) electrons. The van der Waals surface area contributed by atoms with Gasteiger partial charge in [0.05, 0.1) is 15.1 Å². The lowest BCUT2D eigenvalue weighted by Crippen LogP contribution is -2.41. The number of rotatable bonds is 4. The average Bonchev–Trinajstić information content (AvgIpc) is 2.49. The van der Waals surface area contributed by atoms with Crippen molar-refractivity contribution >= 4 is 50.7 Å². The number of carbonyl (C=O) groups is 1. The van der Waals surface area contributed by atoms with Gasteiger partial charge in [-0.05, 0) is 24.3 Å². The summed E-state index contributed by atoms with van der Waals surface area (Å²) >= 11 is 17.4. The number of hydrogen-bond acceptors (Lipinski definition) is 3. The zero-order chi connectivity index (χ0) is 16.3. The summed E-state index contributed by atoms with van der Waals surface area (Å²) in [4.78, 5) is 13.5. The van der Waals surface area contributed by atoms with Gasteiger partial charge in [0.15, 0.2) is 0 Å². The summed E-state index contributed by atoms with van der Waals surface area (Å²) in [6.45, 7) is 0. The zero-order valence-corrected chi connectivity index (χ0v) is 13.9. The Morgan fingerprint density at radius 1 is 0.909 bits per heavy atom. The summed E-state index contributed by atoms with van der Waals surface area (Å²) in [7, 11) is -4.09. The maximum absolute atomic E-state index is 12.1. The Balaban J connectivity index is 2.19. The summed E-state index contributed by atoms with van der Waals surface area (Å²) in [6, 6.07) is 10.4. The molecular weight excluding hydrogens is 371 g/mol. The van der Waals surface area contributed by atoms with Gasteiger partial charge in [0.2, 0.25) is 0 Å². The van der Waals surface area contributed by atoms with Crippen LogP contribution in [-0.2, 0) is 10.0 Å². The molecule has 0 aliphatic rings. The number of benzene rings is 2. The van der Waals surface area contributed by atoms with Crippen molar-refractivity contribution in [3.8, 4) is 0 Å². The van der Waals surface area contributed by atoms with Crippen molar-refractivity contribution in [3.05, 3.63) is 63.1 Å². The molecule has 22 heavy (non-hydrogen) atoms. The molecule has 0 aliphatic carbocycles. The molecule has 2 aromatic rings. The van der Waals surface area contributed by atoms with Gasteiger partial charge in [-0.25, -0.2) is 8.42 Å². The van der Waals surface area contributed by atoms with Crippen LogP contribution >= 0.6 is 34.8 Å². The van der Waals surface area contributed by atoms with Gasteiger partial charge in [0.1, 0.15) is 4.90 Å². The molecule has 5 nitrogen and oxygen atoms in total. The second kappa shape index (κ2) is 6.85. The number of carbonyl (C=O) groups excluding carboxylic acids is 1. The van der Waals surface area contributed by atoms with Crippen molar-refractivity contribution in [3.63, 3.8) is 0 Å². The second-order valence-corrected chi connectivity index (χ2v) is 6.99. The summed E-state index contributed by atoms with van der Waals surface area (Å²) < 4.78 is 24.3. The largest absolute Gasteiger partial charge is 0.273 e. The molecule has 2 N–H and O–H groups in total. The third-order valence-electron chi connectivity index (χ3n) is 2.60. The smallest absolute Gasteiger partial charge is 0.266 e. The van der Waals surface area contributed by atoms with Crippen molar-refractivity contribution in [2.45, 2.75) is 4.90 Å². The highest BCUT2D eigenvalue weighted by atomic mass is 35.5. The lowest BCUT2D eigenvalue weighted by atomic mass is 10.2. The van der Waals surface area contributed by atoms with Crippen LogP contribution in [0.2, 0.25) is 15.1 Å². The van der Waals surface area contributed by atoms with E-state index in [2.05, 4.69) is 5.43 Å². The molecule has 0 spiro atoms. The fourth-order valence-corrected chi connectivity index (χ4v) is 3.38. The van der Waals surface area contributed by atoms with Gasteiger partial charge in [0.25, 0.3) is 15.9 Å². The third-order valence-corrected chi connectivity index (χ3v) is 5.03. The minimum atomic E-state index is -4.09. The van der Waals surface area contributed by atoms with Gasteiger partial charge in [-0.15, -0.1) is 4.83 Å². The number of nitrogens with one attached hydrogen (secondary N) is 2. The molecule has 0 fully saturated rings. The highest BCUT2D eigenvalue weighted by Gasteiger charge is 2.20. The lowest BCUT2D eigenvalue weighted by molar-refractivity contribution is 0.0945. The number of hydrazine groups is 1. The highest BCUT2D eigenvalue weighted by Crippen LogP contribution is 2.31. The van der Waals surface area contributed by atoms with E-state index in [1.807, 2.05) is 4.83 Å². The molecule has 0 bridgehead atoms. The van der Waals surface area contributed by atoms with Crippen LogP contribution in [0.15, 0.2) is 47.4 Å². The Bertz CT molecular complexity index is 811. The summed E-state index contributed by atoms with van der Waals surface area (Å²) in [5.74, 6) is -0.611. The highest BCUT2D eigenvalue weighted by molar-refractivity contribution is 7.89. The van der Waals surface area contributed by atoms with Gasteiger partial charge in [-0.2, -0.15) is 0 Å². The van der Waals surface area contributed by atoms with Crippen LogP contribution in [0.3, 0.4) is 0 Å². The Labute approximate surface area is 142 Å². The Hall–Kier alpha value is -1.31. The molecule has 0 aliphatic heterocycles. The monoisotopic (exact) mass is 378 g/mol. The molecule has 2 rings (SSSR count). The van der Waals surface area contributed by atoms with Crippen LogP contribution in [-0.4, -0.2) is 14.3 Å². The molecule has 0 saturated carbocycles. The fourth-order valence-electron chi connectivity index (χ4n) is 1.54. The van der Waals surface area contributed by atoms with Crippen molar-refractivity contribution in [2.24, 2.45) is 0 Å². The topological polar surface area (TPSA) is 75.3 Å². The summed E-state index contributed by atoms with van der Waals surface area (Å²) in [5.41, 5.74) is 2.38. The minimum absolute atomic E-state index is 0.0285. The molecule has 1 amide bonds. The molecule has 0 aromatic heterocycles. The SMILES string of the molecule is O=C(NNS(=O)(=O)c1cc(Cl)c(Cl)cc1Cl)c1ccccc1. The Kier molecular flexibility index (Phi) is 5.31. The molecule has 2 aromatic carbocycles. The third kappa shape index (κ3) is 3.91. The number of sulfonamides is 1. The maximum Gasteiger partial charge on any atom is 0.266 e. The van der Waals surface area contributed by atoms with Crippen LogP contribution in [0, 0.1) is 0 Å². The van der Waals surface area contributed by atoms with Gasteiger partial charge in [0, 0.05) is 5.56 Å². The van der Waals surface area contributed by atoms with E-state index >= 15 is 0 Å². The Morgan fingerprint density at radius 3 is 2.14 bits per heavy atom. The summed E-state index contributed by atoms with van der Waals surface area (Å²) in [6.07, 6.45) is 0. The molecule has 9 heteroatoms. The van der Waals surface area contributed by atoms with E-state index in [9.17, 15) is 13.2 Å². The first-order valence-electron chi connectivity index (χ1n) is 5.83. The van der Waals surface area contributed by atoms with Gasteiger partial charge < -0.3 is 0 Å². The number of hydrogen-bond donors (Lipinski definition) is 2. The van der Waals surface area contributed by atoms with Crippen LogP contribution in [0.5, 0.6) is 0 Å². The molecular formula is C13H9Cl3N2O3S. The molecule has 0 unspecified atom stereocenters. The predicted molar refractivity (Wildman–Crippen MR) is 85.7 cm³/mol. The van der Waals surface area contributed by atoms with Crippen molar-refractivity contribution in [1.29, 1.82) is 0 Å². The molecule has 0 atom stereocenters. The number of halogens is 3. The first-order valence-corrected chi connectivity index (χ1v) is 8.45. The standard InChI is InChI=1S/C13H9Cl3N2O3S/c14-9-6-11(16)12(7-10(9)15)22(20,21)18-17-13(19)8-4-2-1-3-5-8/h1-7,18H,(H,17,19). The van der Waals surface area contributed by atoms with E-state index in [4.69, 9.17) is 34.8 Å². The van der Waals surface area contributed by atoms with Crippen LogP contribution in [0.4, 0.5) is 0 Å². The first kappa shape index (κ1) is 17.1. The quantitative estimate of drug-likeness (QED) is 0.632. The average molecular weight is 380 g/mol. The summed E-state index contributed by atoms with van der Waals surface area (Å²) in [5, 5.41) is 0.0376. The number of amides is 1. The van der Waals surface area contributed by atoms with E-state index in [1.165, 1.54) is 18.2 Å². The maximum atomic E-state index is 12.1. The van der Waals surface area contributed by atoms with E-state index in [1.54, 1.807) is 18.2 Å². The van der Waals surface area contributed by atoms with Crippen LogP contribution in [0.25, 0.3) is 0 Å². The normalized spacial score (nSPS) is 11.2. The first-order chi connectivity index (χ1) is 10.3. The van der Waals surface area contributed by atoms with Crippen molar-refractivity contribution in [1.82, 2.24) is 10.3 Å². The van der Waals surface area contributed by atoms with E-state index in [0.717, 1.165) is 6.07 Å². The van der Waals surface area contributed by atoms with Crippen LogP contribution in [0.1, 0.15) is 10.4 Å². The second-order valence-electron chi connectivity index (χ2n) is 4.12. The lowest BCUT2D eigenvalue weighted by Gasteiger charge is -2.10. The molecule has 0 saturated heterocycles. The molecule has 116 valence electrons. The van der Waals surface area contributed by atoms with Crippen LogP contribution < -0.4 is 10.3 Å². The van der Waals surface area contributed by atoms with E-state index in [-0.39, 0.29) is 20.0 Å². The minimum Gasteiger partial charge on any atom is -0.273 e. The fraction of sp³-hybridized carbons (Fsp3) is 0. The van der Waals surface area contributed by atoms with Crippen molar-refractivity contribution in [2.75, 3.05) is 0 Å². The van der Waals surface area contributed by atoms with Gasteiger partial charge in [-0.1, -0.05) is 53.0 Å².